The van der Waals surface area contributed by atoms with Crippen LogP contribution in [0.3, 0.4) is 0 Å². The Bertz CT molecular complexity index is 797. The van der Waals surface area contributed by atoms with Gasteiger partial charge in [-0.1, -0.05) is 167 Å². The van der Waals surface area contributed by atoms with Gasteiger partial charge in [0, 0.05) is 6.42 Å². The summed E-state index contributed by atoms with van der Waals surface area (Å²) in [7, 11) is 0. The Kier molecular flexibility index (Phi) is 37.3. The van der Waals surface area contributed by atoms with Crippen LogP contribution in [0.5, 0.6) is 0 Å². The molecule has 0 rings (SSSR count). The zero-order chi connectivity index (χ0) is 36.8. The zero-order valence-corrected chi connectivity index (χ0v) is 33.3. The number of ether oxygens (including phenoxy) is 1. The van der Waals surface area contributed by atoms with Gasteiger partial charge in [-0.3, -0.25) is 9.59 Å². The lowest BCUT2D eigenvalue weighted by Crippen LogP contribution is -2.46. The largest absolute Gasteiger partial charge is 0.462 e. The SMILES string of the molecule is CCC/C=C\CCCCCCCC(=O)OC(CCCCC/C=C\CCCC)CC(=O)NC(CO)C(O)CCCCCCCCCCCCCC. The number of hydrogen-bond donors (Lipinski definition) is 3. The summed E-state index contributed by atoms with van der Waals surface area (Å²) in [5.41, 5.74) is 0. The van der Waals surface area contributed by atoms with E-state index in [1.54, 1.807) is 0 Å². The first-order valence-electron chi connectivity index (χ1n) is 21.6. The highest BCUT2D eigenvalue weighted by atomic mass is 16.5. The summed E-state index contributed by atoms with van der Waals surface area (Å²) in [6.45, 7) is 6.35. The fourth-order valence-electron chi connectivity index (χ4n) is 6.41. The number of hydrogen-bond acceptors (Lipinski definition) is 5. The molecule has 0 aliphatic carbocycles. The molecule has 50 heavy (non-hydrogen) atoms. The molecule has 0 saturated carbocycles. The standard InChI is InChI=1S/C44H83NO5/c1-4-7-10-13-16-19-21-22-24-27-30-33-36-42(47)41(39-46)45-43(48)38-40(35-32-29-26-23-18-15-12-9-6-3)50-44(49)37-34-31-28-25-20-17-14-11-8-5-2/h11,14-15,18,40-42,46-47H,4-10,12-13,16-17,19-39H2,1-3H3,(H,45,48)/b14-11-,18-15-. The van der Waals surface area contributed by atoms with Crippen LogP contribution in [0.15, 0.2) is 24.3 Å². The van der Waals surface area contributed by atoms with Crippen molar-refractivity contribution in [2.45, 2.75) is 238 Å². The number of carbonyl (C=O) groups excluding carboxylic acids is 2. The van der Waals surface area contributed by atoms with Gasteiger partial charge in [-0.2, -0.15) is 0 Å². The Balaban J connectivity index is 4.55. The van der Waals surface area contributed by atoms with Gasteiger partial charge in [-0.25, -0.2) is 0 Å². The third-order valence-electron chi connectivity index (χ3n) is 9.73. The van der Waals surface area contributed by atoms with E-state index in [-0.39, 0.29) is 24.9 Å². The van der Waals surface area contributed by atoms with Crippen LogP contribution in [0.4, 0.5) is 0 Å². The lowest BCUT2D eigenvalue weighted by molar-refractivity contribution is -0.151. The minimum Gasteiger partial charge on any atom is -0.462 e. The number of unbranched alkanes of at least 4 members (excludes halogenated alkanes) is 22. The molecule has 6 heteroatoms. The van der Waals surface area contributed by atoms with Gasteiger partial charge in [-0.05, 0) is 64.2 Å². The molecule has 0 saturated heterocycles. The van der Waals surface area contributed by atoms with E-state index in [1.807, 2.05) is 0 Å². The molecule has 3 atom stereocenters. The van der Waals surface area contributed by atoms with Crippen LogP contribution < -0.4 is 5.32 Å². The molecular weight excluding hydrogens is 622 g/mol. The van der Waals surface area contributed by atoms with Gasteiger partial charge in [0.1, 0.15) is 6.10 Å². The Hall–Kier alpha value is -1.66. The maximum Gasteiger partial charge on any atom is 0.306 e. The maximum atomic E-state index is 13.0. The average molecular weight is 706 g/mol. The normalized spacial score (nSPS) is 13.6. The quantitative estimate of drug-likeness (QED) is 0.0337. The highest BCUT2D eigenvalue weighted by Crippen LogP contribution is 2.17. The van der Waals surface area contributed by atoms with Crippen LogP contribution in [0.25, 0.3) is 0 Å². The number of amides is 1. The van der Waals surface area contributed by atoms with Crippen LogP contribution in [-0.2, 0) is 14.3 Å². The minimum atomic E-state index is -0.786. The van der Waals surface area contributed by atoms with Gasteiger partial charge >= 0.3 is 5.97 Å². The van der Waals surface area contributed by atoms with Gasteiger partial charge in [0.25, 0.3) is 0 Å². The highest BCUT2D eigenvalue weighted by molar-refractivity contribution is 5.77. The number of rotatable bonds is 38. The first-order valence-corrected chi connectivity index (χ1v) is 21.6. The molecule has 0 aliphatic rings. The number of aliphatic hydroxyl groups is 2. The maximum absolute atomic E-state index is 13.0. The van der Waals surface area contributed by atoms with Gasteiger partial charge in [0.05, 0.1) is 25.2 Å². The van der Waals surface area contributed by atoms with E-state index in [0.717, 1.165) is 83.5 Å². The summed E-state index contributed by atoms with van der Waals surface area (Å²) in [6.07, 6.45) is 41.0. The molecule has 1 amide bonds. The first-order chi connectivity index (χ1) is 24.5. The summed E-state index contributed by atoms with van der Waals surface area (Å²) in [4.78, 5) is 25.8. The van der Waals surface area contributed by atoms with E-state index in [0.29, 0.717) is 19.3 Å². The summed E-state index contributed by atoms with van der Waals surface area (Å²) in [5.74, 6) is -0.502. The summed E-state index contributed by atoms with van der Waals surface area (Å²) >= 11 is 0. The van der Waals surface area contributed by atoms with Crippen molar-refractivity contribution >= 4 is 11.9 Å². The molecular formula is C44H83NO5. The van der Waals surface area contributed by atoms with Gasteiger partial charge < -0.3 is 20.3 Å². The molecule has 294 valence electrons. The Labute approximate surface area is 310 Å². The smallest absolute Gasteiger partial charge is 0.306 e. The topological polar surface area (TPSA) is 95.9 Å². The Morgan fingerprint density at radius 3 is 1.58 bits per heavy atom. The van der Waals surface area contributed by atoms with E-state index in [4.69, 9.17) is 4.74 Å². The average Bonchev–Trinajstić information content (AvgIpc) is 3.10. The van der Waals surface area contributed by atoms with Crippen LogP contribution in [0, 0.1) is 0 Å². The second-order valence-electron chi connectivity index (χ2n) is 14.7. The molecule has 0 aromatic heterocycles. The van der Waals surface area contributed by atoms with Crippen molar-refractivity contribution < 1.29 is 24.5 Å². The number of esters is 1. The number of allylic oxidation sites excluding steroid dienone is 4. The van der Waals surface area contributed by atoms with Crippen LogP contribution in [-0.4, -0.2) is 46.9 Å². The van der Waals surface area contributed by atoms with Crippen LogP contribution in [0.1, 0.15) is 220 Å². The molecule has 3 unspecified atom stereocenters. The zero-order valence-electron chi connectivity index (χ0n) is 33.3. The van der Waals surface area contributed by atoms with E-state index >= 15 is 0 Å². The molecule has 0 fully saturated rings. The lowest BCUT2D eigenvalue weighted by Gasteiger charge is -2.24. The van der Waals surface area contributed by atoms with Gasteiger partial charge in [-0.15, -0.1) is 0 Å². The van der Waals surface area contributed by atoms with Gasteiger partial charge in [0.2, 0.25) is 5.91 Å². The highest BCUT2D eigenvalue weighted by Gasteiger charge is 2.24. The predicted octanol–water partition coefficient (Wildman–Crippen LogP) is 12.0. The number of carbonyl (C=O) groups is 2. The number of nitrogens with one attached hydrogen (secondary N) is 1. The van der Waals surface area contributed by atoms with Crippen molar-refractivity contribution in [2.24, 2.45) is 0 Å². The minimum absolute atomic E-state index is 0.0655. The van der Waals surface area contributed by atoms with Gasteiger partial charge in [0.15, 0.2) is 0 Å². The Morgan fingerprint density at radius 1 is 0.560 bits per heavy atom. The predicted molar refractivity (Wildman–Crippen MR) is 213 cm³/mol. The molecule has 0 bridgehead atoms. The molecule has 6 nitrogen and oxygen atoms in total. The Morgan fingerprint density at radius 2 is 1.02 bits per heavy atom. The fourth-order valence-corrected chi connectivity index (χ4v) is 6.41. The molecule has 0 aromatic rings. The van der Waals surface area contributed by atoms with E-state index in [2.05, 4.69) is 50.4 Å². The molecule has 0 aromatic carbocycles. The fraction of sp³-hybridized carbons (Fsp3) is 0.864. The van der Waals surface area contributed by atoms with Crippen LogP contribution in [0.2, 0.25) is 0 Å². The molecule has 0 aliphatic heterocycles. The lowest BCUT2D eigenvalue weighted by atomic mass is 10.0. The van der Waals surface area contributed by atoms with Crippen molar-refractivity contribution in [3.05, 3.63) is 24.3 Å². The van der Waals surface area contributed by atoms with Crippen molar-refractivity contribution in [2.75, 3.05) is 6.61 Å². The van der Waals surface area contributed by atoms with Crippen LogP contribution >= 0.6 is 0 Å². The van der Waals surface area contributed by atoms with E-state index in [9.17, 15) is 19.8 Å². The van der Waals surface area contributed by atoms with E-state index < -0.39 is 18.2 Å². The van der Waals surface area contributed by atoms with Crippen molar-refractivity contribution in [1.29, 1.82) is 0 Å². The van der Waals surface area contributed by atoms with E-state index in [1.165, 1.54) is 89.9 Å². The monoisotopic (exact) mass is 706 g/mol. The molecule has 0 radical (unpaired) electrons. The third kappa shape index (κ3) is 33.5. The second kappa shape index (κ2) is 38.6. The molecule has 3 N–H and O–H groups in total. The molecule has 0 spiro atoms. The van der Waals surface area contributed by atoms with Crippen molar-refractivity contribution in [3.8, 4) is 0 Å². The first kappa shape index (κ1) is 48.3. The summed E-state index contributed by atoms with van der Waals surface area (Å²) in [5, 5.41) is 23.5. The van der Waals surface area contributed by atoms with Crippen molar-refractivity contribution in [1.82, 2.24) is 5.32 Å². The molecule has 0 heterocycles. The summed E-state index contributed by atoms with van der Waals surface area (Å²) < 4.78 is 5.85. The third-order valence-corrected chi connectivity index (χ3v) is 9.73. The second-order valence-corrected chi connectivity index (χ2v) is 14.7. The summed E-state index contributed by atoms with van der Waals surface area (Å²) in [6, 6.07) is -0.701. The van der Waals surface area contributed by atoms with Crippen molar-refractivity contribution in [3.63, 3.8) is 0 Å². The number of aliphatic hydroxyl groups excluding tert-OH is 2.